The summed E-state index contributed by atoms with van der Waals surface area (Å²) in [7, 11) is -1.18. The number of ether oxygens (including phenoxy) is 1. The van der Waals surface area contributed by atoms with E-state index in [1.807, 2.05) is 0 Å². The summed E-state index contributed by atoms with van der Waals surface area (Å²) >= 11 is 0. The molecule has 0 saturated heterocycles. The summed E-state index contributed by atoms with van der Waals surface area (Å²) in [5.41, 5.74) is 0.00895. The van der Waals surface area contributed by atoms with Crippen LogP contribution in [0.4, 0.5) is 14.5 Å². The maximum atomic E-state index is 13.3. The highest BCUT2D eigenvalue weighted by Gasteiger charge is 2.21. The van der Waals surface area contributed by atoms with Gasteiger partial charge >= 0.3 is 5.97 Å². The fourth-order valence-electron chi connectivity index (χ4n) is 2.21. The number of carbonyl (C=O) groups excluding carboxylic acids is 2. The van der Waals surface area contributed by atoms with Crippen molar-refractivity contribution in [3.8, 4) is 0 Å². The first kappa shape index (κ1) is 21.3. The van der Waals surface area contributed by atoms with Crippen molar-refractivity contribution < 1.29 is 31.5 Å². The molecule has 0 aliphatic heterocycles. The summed E-state index contributed by atoms with van der Waals surface area (Å²) in [6.45, 7) is 1.41. The normalized spacial score (nSPS) is 12.2. The lowest BCUT2D eigenvalue weighted by Gasteiger charge is -2.17. The Morgan fingerprint density at radius 3 is 2.36 bits per heavy atom. The molecule has 0 bridgehead atoms. The molecule has 2 rings (SSSR count). The maximum absolute atomic E-state index is 13.3. The summed E-state index contributed by atoms with van der Waals surface area (Å²) in [6, 6.07) is 7.50. The number of carbonyl (C=O) groups is 2. The van der Waals surface area contributed by atoms with Crippen molar-refractivity contribution in [3.63, 3.8) is 0 Å². The predicted octanol–water partition coefficient (Wildman–Crippen LogP) is 2.40. The van der Waals surface area contributed by atoms with Gasteiger partial charge in [-0.1, -0.05) is 6.07 Å². The van der Waals surface area contributed by atoms with Crippen molar-refractivity contribution in [1.82, 2.24) is 4.90 Å². The Morgan fingerprint density at radius 2 is 1.75 bits per heavy atom. The Morgan fingerprint density at radius 1 is 1.07 bits per heavy atom. The molecule has 0 unspecified atom stereocenters. The van der Waals surface area contributed by atoms with Crippen molar-refractivity contribution in [1.29, 1.82) is 0 Å². The number of benzene rings is 2. The van der Waals surface area contributed by atoms with Crippen LogP contribution in [-0.2, 0) is 19.6 Å². The average Bonchev–Trinajstić information content (AvgIpc) is 2.62. The van der Waals surface area contributed by atoms with E-state index in [0.29, 0.717) is 12.1 Å². The van der Waals surface area contributed by atoms with Gasteiger partial charge in [0, 0.05) is 19.8 Å². The second-order valence-corrected chi connectivity index (χ2v) is 7.72. The van der Waals surface area contributed by atoms with Crippen molar-refractivity contribution in [2.45, 2.75) is 17.9 Å². The third-order valence-electron chi connectivity index (χ3n) is 3.62. The quantitative estimate of drug-likeness (QED) is 0.736. The fourth-order valence-corrected chi connectivity index (χ4v) is 3.27. The third-order valence-corrected chi connectivity index (χ3v) is 5.00. The van der Waals surface area contributed by atoms with Crippen molar-refractivity contribution >= 4 is 27.6 Å². The van der Waals surface area contributed by atoms with Crippen LogP contribution >= 0.6 is 0 Å². The van der Waals surface area contributed by atoms with Crippen LogP contribution in [-0.4, -0.2) is 45.4 Å². The lowest BCUT2D eigenvalue weighted by atomic mass is 10.2. The first-order chi connectivity index (χ1) is 13.0. The molecule has 1 N–H and O–H groups in total. The highest BCUT2D eigenvalue weighted by Crippen LogP contribution is 2.20. The van der Waals surface area contributed by atoms with E-state index >= 15 is 0 Å². The number of halogens is 2. The van der Waals surface area contributed by atoms with Crippen molar-refractivity contribution in [2.24, 2.45) is 0 Å². The molecule has 0 aliphatic carbocycles. The molecule has 28 heavy (non-hydrogen) atoms. The second kappa shape index (κ2) is 8.34. The van der Waals surface area contributed by atoms with Gasteiger partial charge in [-0.2, -0.15) is 0 Å². The van der Waals surface area contributed by atoms with Crippen molar-refractivity contribution in [3.05, 3.63) is 59.7 Å². The molecule has 2 aromatic carbocycles. The maximum Gasteiger partial charge on any atom is 0.338 e. The van der Waals surface area contributed by atoms with Crippen LogP contribution in [0.1, 0.15) is 17.3 Å². The number of nitrogens with one attached hydrogen (secondary N) is 1. The molecule has 0 aliphatic rings. The average molecular weight is 412 g/mol. The second-order valence-electron chi connectivity index (χ2n) is 6.04. The zero-order valence-corrected chi connectivity index (χ0v) is 16.1. The van der Waals surface area contributed by atoms with E-state index in [-0.39, 0.29) is 11.3 Å². The van der Waals surface area contributed by atoms with Crippen LogP contribution in [0.2, 0.25) is 0 Å². The molecule has 0 heterocycles. The Bertz CT molecular complexity index is 1010. The van der Waals surface area contributed by atoms with Crippen molar-refractivity contribution in [2.75, 3.05) is 18.8 Å². The molecule has 0 aromatic heterocycles. The Hall–Kier alpha value is -3.01. The minimum absolute atomic E-state index is 0.00360. The molecule has 1 amide bonds. The SMILES string of the molecule is C[C@@H](OC(=O)c1cccc(NS(=O)(=O)c2ccc(F)c(F)c2)c1)C(=O)N(C)C. The number of nitrogens with zero attached hydrogens (tertiary/aromatic N) is 1. The van der Waals surface area contributed by atoms with Crippen LogP contribution in [0.3, 0.4) is 0 Å². The Labute approximate surface area is 161 Å². The summed E-state index contributed by atoms with van der Waals surface area (Å²) < 4.78 is 58.2. The van der Waals surface area contributed by atoms with E-state index in [2.05, 4.69) is 4.72 Å². The van der Waals surface area contributed by atoms with Gasteiger partial charge in [-0.3, -0.25) is 9.52 Å². The topological polar surface area (TPSA) is 92.8 Å². The van der Waals surface area contributed by atoms with Crippen LogP contribution in [0.15, 0.2) is 47.4 Å². The third kappa shape index (κ3) is 5.03. The number of likely N-dealkylation sites (N-methyl/N-ethyl adjacent to an activating group) is 1. The standard InChI is InChI=1S/C18H18F2N2O5S/c1-11(17(23)22(2)3)27-18(24)12-5-4-6-13(9-12)21-28(25,26)14-7-8-15(19)16(20)10-14/h4-11,21H,1-3H3/t11-/m1/s1. The Balaban J connectivity index is 2.19. The van der Waals surface area contributed by atoms with Gasteiger partial charge in [0.25, 0.3) is 15.9 Å². The van der Waals surface area contributed by atoms with Gasteiger partial charge in [0.15, 0.2) is 17.7 Å². The summed E-state index contributed by atoms with van der Waals surface area (Å²) in [6.07, 6.45) is -1.02. The summed E-state index contributed by atoms with van der Waals surface area (Å²) in [4.78, 5) is 24.7. The highest BCUT2D eigenvalue weighted by atomic mass is 32.2. The van der Waals surface area contributed by atoms with Gasteiger partial charge in [-0.05, 0) is 43.3 Å². The van der Waals surface area contributed by atoms with Gasteiger partial charge in [0.1, 0.15) is 0 Å². The van der Waals surface area contributed by atoms with Gasteiger partial charge in [-0.25, -0.2) is 22.0 Å². The van der Waals surface area contributed by atoms with Crippen LogP contribution in [0, 0.1) is 11.6 Å². The molecule has 1 atom stereocenters. The molecule has 2 aromatic rings. The smallest absolute Gasteiger partial charge is 0.338 e. The molecular formula is C18H18F2N2O5S. The van der Waals surface area contributed by atoms with E-state index in [4.69, 9.17) is 4.74 Å². The minimum atomic E-state index is -4.21. The zero-order valence-electron chi connectivity index (χ0n) is 15.3. The Kier molecular flexibility index (Phi) is 6.34. The van der Waals surface area contributed by atoms with E-state index in [0.717, 1.165) is 6.07 Å². The van der Waals surface area contributed by atoms with E-state index in [1.165, 1.54) is 50.2 Å². The summed E-state index contributed by atoms with van der Waals surface area (Å²) in [5, 5.41) is 0. The molecule has 10 heteroatoms. The predicted molar refractivity (Wildman–Crippen MR) is 97.2 cm³/mol. The zero-order chi connectivity index (χ0) is 21.1. The van der Waals surface area contributed by atoms with Gasteiger partial charge < -0.3 is 9.64 Å². The number of rotatable bonds is 6. The molecule has 7 nitrogen and oxygen atoms in total. The minimum Gasteiger partial charge on any atom is -0.449 e. The first-order valence-corrected chi connectivity index (χ1v) is 9.49. The number of amides is 1. The number of anilines is 1. The van der Waals surface area contributed by atoms with Crippen LogP contribution in [0.25, 0.3) is 0 Å². The van der Waals surface area contributed by atoms with Gasteiger partial charge in [-0.15, -0.1) is 0 Å². The highest BCUT2D eigenvalue weighted by molar-refractivity contribution is 7.92. The lowest BCUT2D eigenvalue weighted by molar-refractivity contribution is -0.137. The van der Waals surface area contributed by atoms with E-state index in [9.17, 15) is 26.8 Å². The van der Waals surface area contributed by atoms with Crippen LogP contribution in [0.5, 0.6) is 0 Å². The lowest BCUT2D eigenvalue weighted by Crippen LogP contribution is -2.34. The number of hydrogen-bond donors (Lipinski definition) is 1. The van der Waals surface area contributed by atoms with E-state index in [1.54, 1.807) is 0 Å². The van der Waals surface area contributed by atoms with Gasteiger partial charge in [0.2, 0.25) is 0 Å². The molecule has 150 valence electrons. The fraction of sp³-hybridized carbons (Fsp3) is 0.222. The van der Waals surface area contributed by atoms with Crippen LogP contribution < -0.4 is 4.72 Å². The largest absolute Gasteiger partial charge is 0.449 e. The molecule has 0 spiro atoms. The number of esters is 1. The van der Waals surface area contributed by atoms with Gasteiger partial charge in [0.05, 0.1) is 10.5 Å². The molecule has 0 radical (unpaired) electrons. The van der Waals surface area contributed by atoms with E-state index < -0.39 is 44.5 Å². The molecule has 0 saturated carbocycles. The first-order valence-electron chi connectivity index (χ1n) is 8.01. The molecule has 0 fully saturated rings. The summed E-state index contributed by atoms with van der Waals surface area (Å²) in [5.74, 6) is -3.72. The molecular weight excluding hydrogens is 394 g/mol. The monoisotopic (exact) mass is 412 g/mol. The number of hydrogen-bond acceptors (Lipinski definition) is 5. The number of sulfonamides is 1.